The van der Waals surface area contributed by atoms with Gasteiger partial charge < -0.3 is 10.1 Å². The normalized spacial score (nSPS) is 14.0. The van der Waals surface area contributed by atoms with Gasteiger partial charge in [-0.1, -0.05) is 42.3 Å². The third-order valence-electron chi connectivity index (χ3n) is 4.94. The predicted octanol–water partition coefficient (Wildman–Crippen LogP) is 6.14. The molecular weight excluding hydrogens is 439 g/mol. The summed E-state index contributed by atoms with van der Waals surface area (Å²) >= 11 is 13.5. The highest BCUT2D eigenvalue weighted by atomic mass is 35.5. The lowest BCUT2D eigenvalue weighted by Crippen LogP contribution is -2.45. The van der Waals surface area contributed by atoms with Crippen molar-refractivity contribution in [2.75, 3.05) is 0 Å². The number of aromatic nitrogens is 1. The van der Waals surface area contributed by atoms with Crippen LogP contribution in [0.4, 0.5) is 0 Å². The number of benzene rings is 1. The lowest BCUT2D eigenvalue weighted by molar-refractivity contribution is -0.129. The number of carbonyl (C=O) groups is 1. The maximum absolute atomic E-state index is 12.9. The van der Waals surface area contributed by atoms with Crippen LogP contribution in [-0.2, 0) is 11.2 Å². The number of pyridine rings is 1. The molecule has 4 nitrogen and oxygen atoms in total. The average Bonchev–Trinajstić information content (AvgIpc) is 3.27. The van der Waals surface area contributed by atoms with E-state index in [9.17, 15) is 4.79 Å². The Labute approximate surface area is 191 Å². The Hall–Kier alpha value is -2.08. The molecule has 2 aromatic heterocycles. The lowest BCUT2D eigenvalue weighted by atomic mass is 9.88. The highest BCUT2D eigenvalue weighted by Crippen LogP contribution is 2.27. The minimum atomic E-state index is -0.625. The van der Waals surface area contributed by atoms with Crippen LogP contribution in [0, 0.1) is 0 Å². The molecule has 0 saturated heterocycles. The molecule has 2 heterocycles. The van der Waals surface area contributed by atoms with Crippen molar-refractivity contribution in [2.24, 2.45) is 0 Å². The van der Waals surface area contributed by atoms with Gasteiger partial charge in [0.15, 0.2) is 6.10 Å². The number of carbonyl (C=O) groups excluding carboxylic acids is 1. The van der Waals surface area contributed by atoms with Crippen molar-refractivity contribution in [1.29, 1.82) is 0 Å². The van der Waals surface area contributed by atoms with Crippen LogP contribution in [0.1, 0.15) is 37.3 Å². The Morgan fingerprint density at radius 2 is 1.87 bits per heavy atom. The number of hydrogen-bond acceptors (Lipinski definition) is 4. The topological polar surface area (TPSA) is 51.2 Å². The number of nitrogens with zero attached hydrogens (tertiary/aromatic N) is 1. The van der Waals surface area contributed by atoms with Gasteiger partial charge in [0, 0.05) is 29.2 Å². The van der Waals surface area contributed by atoms with E-state index >= 15 is 0 Å². The van der Waals surface area contributed by atoms with Gasteiger partial charge in [-0.05, 0) is 65.9 Å². The molecule has 0 bridgehead atoms. The van der Waals surface area contributed by atoms with Crippen molar-refractivity contribution in [2.45, 2.75) is 44.8 Å². The second kappa shape index (κ2) is 10.8. The zero-order valence-corrected chi connectivity index (χ0v) is 19.2. The van der Waals surface area contributed by atoms with E-state index in [1.807, 2.05) is 38.1 Å². The fourth-order valence-electron chi connectivity index (χ4n) is 3.26. The number of ether oxygens (including phenoxy) is 1. The summed E-state index contributed by atoms with van der Waals surface area (Å²) < 4.78 is 5.79. The van der Waals surface area contributed by atoms with Gasteiger partial charge in [0.1, 0.15) is 0 Å². The fourth-order valence-corrected chi connectivity index (χ4v) is 4.22. The van der Waals surface area contributed by atoms with E-state index in [2.05, 4.69) is 27.1 Å². The number of hydrogen-bond donors (Lipinski definition) is 1. The van der Waals surface area contributed by atoms with Gasteiger partial charge in [-0.25, -0.2) is 4.98 Å². The standard InChI is InChI=1S/C23H24Cl2N2O2S/c1-3-21(29-22-9-8-19(25)13-26-22)23(28)27-15(2)20(17-10-11-30-14-17)12-16-4-6-18(24)7-5-16/h4-11,13-15,20-21H,3,12H2,1-2H3,(H,27,28). The average molecular weight is 463 g/mol. The molecule has 0 radical (unpaired) electrons. The molecule has 3 aromatic rings. The number of amides is 1. The summed E-state index contributed by atoms with van der Waals surface area (Å²) in [5.74, 6) is 0.357. The first kappa shape index (κ1) is 22.6. The molecule has 3 rings (SSSR count). The fraction of sp³-hybridized carbons (Fsp3) is 0.304. The number of halogens is 2. The molecule has 0 saturated carbocycles. The Bertz CT molecular complexity index is 931. The van der Waals surface area contributed by atoms with Crippen LogP contribution < -0.4 is 10.1 Å². The molecule has 158 valence electrons. The minimum absolute atomic E-state index is 0.0846. The Balaban J connectivity index is 1.70. The van der Waals surface area contributed by atoms with Crippen LogP contribution in [0.25, 0.3) is 0 Å². The van der Waals surface area contributed by atoms with Crippen molar-refractivity contribution in [1.82, 2.24) is 10.3 Å². The van der Waals surface area contributed by atoms with Gasteiger partial charge in [0.2, 0.25) is 5.88 Å². The van der Waals surface area contributed by atoms with Crippen LogP contribution in [0.2, 0.25) is 10.0 Å². The van der Waals surface area contributed by atoms with Gasteiger partial charge in [-0.3, -0.25) is 4.79 Å². The van der Waals surface area contributed by atoms with Crippen LogP contribution in [0.5, 0.6) is 5.88 Å². The number of thiophene rings is 1. The molecule has 30 heavy (non-hydrogen) atoms. The summed E-state index contributed by atoms with van der Waals surface area (Å²) in [6.07, 6.45) is 2.21. The van der Waals surface area contributed by atoms with E-state index in [0.29, 0.717) is 22.3 Å². The summed E-state index contributed by atoms with van der Waals surface area (Å²) in [5.41, 5.74) is 2.38. The van der Waals surface area contributed by atoms with Crippen molar-refractivity contribution < 1.29 is 9.53 Å². The molecule has 3 atom stereocenters. The van der Waals surface area contributed by atoms with E-state index in [1.54, 1.807) is 23.5 Å². The third-order valence-corrected chi connectivity index (χ3v) is 6.12. The Morgan fingerprint density at radius 1 is 1.13 bits per heavy atom. The summed E-state index contributed by atoms with van der Waals surface area (Å²) in [6, 6.07) is 13.2. The van der Waals surface area contributed by atoms with Gasteiger partial charge in [-0.2, -0.15) is 11.3 Å². The largest absolute Gasteiger partial charge is 0.464 e. The van der Waals surface area contributed by atoms with Crippen molar-refractivity contribution >= 4 is 40.4 Å². The molecule has 0 aliphatic heterocycles. The van der Waals surface area contributed by atoms with Crippen LogP contribution in [0.15, 0.2) is 59.4 Å². The quantitative estimate of drug-likeness (QED) is 0.415. The first-order valence-electron chi connectivity index (χ1n) is 9.81. The molecular formula is C23H24Cl2N2O2S. The van der Waals surface area contributed by atoms with E-state index < -0.39 is 6.10 Å². The highest BCUT2D eigenvalue weighted by molar-refractivity contribution is 7.08. The van der Waals surface area contributed by atoms with E-state index in [0.717, 1.165) is 6.42 Å². The maximum Gasteiger partial charge on any atom is 0.261 e. The molecule has 3 unspecified atom stereocenters. The van der Waals surface area contributed by atoms with Crippen LogP contribution in [-0.4, -0.2) is 23.0 Å². The summed E-state index contributed by atoms with van der Waals surface area (Å²) in [4.78, 5) is 17.0. The van der Waals surface area contributed by atoms with Gasteiger partial charge in [-0.15, -0.1) is 0 Å². The Kier molecular flexibility index (Phi) is 8.14. The SMILES string of the molecule is CCC(Oc1ccc(Cl)cn1)C(=O)NC(C)C(Cc1ccc(Cl)cc1)c1ccsc1. The second-order valence-electron chi connectivity index (χ2n) is 7.12. The monoisotopic (exact) mass is 462 g/mol. The first-order chi connectivity index (χ1) is 14.5. The van der Waals surface area contributed by atoms with Crippen LogP contribution >= 0.6 is 34.5 Å². The predicted molar refractivity (Wildman–Crippen MR) is 124 cm³/mol. The van der Waals surface area contributed by atoms with Gasteiger partial charge in [0.05, 0.1) is 5.02 Å². The minimum Gasteiger partial charge on any atom is -0.464 e. The lowest BCUT2D eigenvalue weighted by Gasteiger charge is -2.27. The van der Waals surface area contributed by atoms with Crippen molar-refractivity contribution in [3.8, 4) is 5.88 Å². The summed E-state index contributed by atoms with van der Waals surface area (Å²) in [5, 5.41) is 8.57. The molecule has 1 N–H and O–H groups in total. The third kappa shape index (κ3) is 6.21. The smallest absolute Gasteiger partial charge is 0.261 e. The molecule has 0 aliphatic rings. The molecule has 1 aromatic carbocycles. The highest BCUT2D eigenvalue weighted by Gasteiger charge is 2.26. The summed E-state index contributed by atoms with van der Waals surface area (Å²) in [6.45, 7) is 3.94. The zero-order chi connectivity index (χ0) is 21.5. The van der Waals surface area contributed by atoms with Crippen molar-refractivity contribution in [3.05, 3.63) is 80.6 Å². The van der Waals surface area contributed by atoms with E-state index in [4.69, 9.17) is 27.9 Å². The first-order valence-corrected chi connectivity index (χ1v) is 11.5. The molecule has 7 heteroatoms. The molecule has 0 spiro atoms. The van der Waals surface area contributed by atoms with Crippen molar-refractivity contribution in [3.63, 3.8) is 0 Å². The van der Waals surface area contributed by atoms with Gasteiger partial charge in [0.25, 0.3) is 5.91 Å². The zero-order valence-electron chi connectivity index (χ0n) is 16.8. The molecule has 0 fully saturated rings. The maximum atomic E-state index is 12.9. The number of nitrogens with one attached hydrogen (secondary N) is 1. The van der Waals surface area contributed by atoms with E-state index in [-0.39, 0.29) is 17.9 Å². The summed E-state index contributed by atoms with van der Waals surface area (Å²) in [7, 11) is 0. The van der Waals surface area contributed by atoms with E-state index in [1.165, 1.54) is 17.3 Å². The Morgan fingerprint density at radius 3 is 2.47 bits per heavy atom. The number of rotatable bonds is 9. The molecule has 0 aliphatic carbocycles. The molecule has 1 amide bonds. The second-order valence-corrected chi connectivity index (χ2v) is 8.77. The van der Waals surface area contributed by atoms with Gasteiger partial charge >= 0.3 is 0 Å². The van der Waals surface area contributed by atoms with Crippen LogP contribution in [0.3, 0.4) is 0 Å².